The van der Waals surface area contributed by atoms with Gasteiger partial charge in [-0.15, -0.1) is 11.3 Å². The molecule has 0 aliphatic carbocycles. The van der Waals surface area contributed by atoms with Gasteiger partial charge in [0.25, 0.3) is 0 Å². The van der Waals surface area contributed by atoms with Crippen molar-refractivity contribution in [2.75, 3.05) is 25.6 Å². The van der Waals surface area contributed by atoms with E-state index >= 15 is 0 Å². The van der Waals surface area contributed by atoms with Crippen molar-refractivity contribution in [2.45, 2.75) is 19.9 Å². The van der Waals surface area contributed by atoms with Gasteiger partial charge in [-0.25, -0.2) is 9.97 Å². The summed E-state index contributed by atoms with van der Waals surface area (Å²) in [6.45, 7) is 5.53. The van der Waals surface area contributed by atoms with Gasteiger partial charge in [0.1, 0.15) is 5.01 Å². The zero-order valence-electron chi connectivity index (χ0n) is 10.9. The Hall–Kier alpha value is -1.40. The topological polar surface area (TPSA) is 52.0 Å². The van der Waals surface area contributed by atoms with Crippen molar-refractivity contribution in [1.82, 2.24) is 14.5 Å². The molecule has 0 bridgehead atoms. The minimum atomic E-state index is 0.191. The molecule has 6 heteroatoms. The monoisotopic (exact) mass is 266 g/mol. The van der Waals surface area contributed by atoms with Gasteiger partial charge < -0.3 is 14.6 Å². The summed E-state index contributed by atoms with van der Waals surface area (Å²) in [5, 5.41) is 6.36. The Morgan fingerprint density at radius 1 is 1.56 bits per heavy atom. The summed E-state index contributed by atoms with van der Waals surface area (Å²) in [5.74, 6) is 0.868. The van der Waals surface area contributed by atoms with E-state index in [1.165, 1.54) is 0 Å². The number of aryl methyl sites for hydroxylation is 1. The lowest BCUT2D eigenvalue weighted by atomic mass is 10.3. The van der Waals surface area contributed by atoms with Crippen LogP contribution in [0.1, 0.15) is 23.7 Å². The lowest BCUT2D eigenvalue weighted by Gasteiger charge is -2.14. The van der Waals surface area contributed by atoms with Crippen LogP contribution in [0, 0.1) is 6.92 Å². The first kappa shape index (κ1) is 13.0. The molecule has 0 spiro atoms. The van der Waals surface area contributed by atoms with Gasteiger partial charge in [0.05, 0.1) is 18.3 Å². The molecule has 0 saturated heterocycles. The molecule has 2 heterocycles. The Kier molecular flexibility index (Phi) is 4.33. The van der Waals surface area contributed by atoms with E-state index in [1.807, 2.05) is 24.7 Å². The fourth-order valence-corrected chi connectivity index (χ4v) is 2.46. The average molecular weight is 266 g/mol. The Bertz CT molecular complexity index is 480. The number of nitrogens with one attached hydrogen (secondary N) is 1. The summed E-state index contributed by atoms with van der Waals surface area (Å²) >= 11 is 1.66. The van der Waals surface area contributed by atoms with Crippen LogP contribution in [0.2, 0.25) is 0 Å². The highest BCUT2D eigenvalue weighted by molar-refractivity contribution is 7.09. The number of aromatic nitrogens is 3. The van der Waals surface area contributed by atoms with Gasteiger partial charge in [0.2, 0.25) is 5.95 Å². The van der Waals surface area contributed by atoms with Crippen molar-refractivity contribution in [3.05, 3.63) is 28.5 Å². The first-order valence-electron chi connectivity index (χ1n) is 5.90. The second-order valence-electron chi connectivity index (χ2n) is 4.08. The number of thiazole rings is 1. The van der Waals surface area contributed by atoms with Gasteiger partial charge in [-0.05, 0) is 13.8 Å². The van der Waals surface area contributed by atoms with E-state index in [0.717, 1.165) is 23.2 Å². The largest absolute Gasteiger partial charge is 0.383 e. The maximum absolute atomic E-state index is 5.03. The first-order chi connectivity index (χ1) is 8.72. The van der Waals surface area contributed by atoms with Crippen LogP contribution in [0.5, 0.6) is 0 Å². The highest BCUT2D eigenvalue weighted by Crippen LogP contribution is 2.24. The fraction of sp³-hybridized carbons (Fsp3) is 0.500. The fourth-order valence-electron chi connectivity index (χ4n) is 1.77. The molecule has 0 saturated carbocycles. The highest BCUT2D eigenvalue weighted by Gasteiger charge is 2.15. The lowest BCUT2D eigenvalue weighted by Crippen LogP contribution is -2.14. The molecule has 0 aromatic carbocycles. The van der Waals surface area contributed by atoms with Gasteiger partial charge in [-0.1, -0.05) is 0 Å². The molecule has 2 aromatic rings. The van der Waals surface area contributed by atoms with Crippen LogP contribution in [0.4, 0.5) is 5.95 Å². The van der Waals surface area contributed by atoms with Crippen LogP contribution < -0.4 is 5.32 Å². The van der Waals surface area contributed by atoms with Crippen molar-refractivity contribution in [1.29, 1.82) is 0 Å². The molecule has 1 unspecified atom stereocenters. The molecular weight excluding hydrogens is 248 g/mol. The lowest BCUT2D eigenvalue weighted by molar-refractivity contribution is 0.210. The van der Waals surface area contributed by atoms with Gasteiger partial charge >= 0.3 is 0 Å². The molecule has 98 valence electrons. The molecule has 5 nitrogen and oxygen atoms in total. The Labute approximate surface area is 111 Å². The Balaban J connectivity index is 2.16. The minimum absolute atomic E-state index is 0.191. The molecule has 1 atom stereocenters. The van der Waals surface area contributed by atoms with Crippen LogP contribution in [-0.4, -0.2) is 34.8 Å². The van der Waals surface area contributed by atoms with E-state index in [1.54, 1.807) is 18.4 Å². The second kappa shape index (κ2) is 5.97. The van der Waals surface area contributed by atoms with Gasteiger partial charge in [0.15, 0.2) is 0 Å². The third kappa shape index (κ3) is 2.88. The summed E-state index contributed by atoms with van der Waals surface area (Å²) in [4.78, 5) is 8.84. The van der Waals surface area contributed by atoms with E-state index in [2.05, 4.69) is 26.8 Å². The zero-order chi connectivity index (χ0) is 13.0. The number of methoxy groups -OCH3 is 1. The van der Waals surface area contributed by atoms with Crippen molar-refractivity contribution in [3.8, 4) is 0 Å². The van der Waals surface area contributed by atoms with E-state index in [0.29, 0.717) is 6.61 Å². The van der Waals surface area contributed by atoms with Crippen molar-refractivity contribution in [3.63, 3.8) is 0 Å². The van der Waals surface area contributed by atoms with E-state index in [9.17, 15) is 0 Å². The third-order valence-electron chi connectivity index (χ3n) is 2.67. The van der Waals surface area contributed by atoms with E-state index < -0.39 is 0 Å². The maximum atomic E-state index is 5.03. The normalized spacial score (nSPS) is 12.6. The number of rotatable bonds is 6. The average Bonchev–Trinajstić information content (AvgIpc) is 2.98. The van der Waals surface area contributed by atoms with Crippen LogP contribution in [-0.2, 0) is 4.74 Å². The predicted octanol–water partition coefficient (Wildman–Crippen LogP) is 2.32. The molecule has 2 aromatic heterocycles. The molecule has 2 rings (SSSR count). The Morgan fingerprint density at radius 2 is 2.39 bits per heavy atom. The highest BCUT2D eigenvalue weighted by atomic mass is 32.1. The maximum Gasteiger partial charge on any atom is 0.203 e. The number of hydrogen-bond acceptors (Lipinski definition) is 5. The number of imidazole rings is 1. The SMILES string of the molecule is COCCNc1nc(C)cn1C(C)c1nccs1. The standard InChI is InChI=1S/C12H18N4OS/c1-9-8-16(10(2)11-13-5-7-18-11)12(15-9)14-4-6-17-3/h5,7-8,10H,4,6H2,1-3H3,(H,14,15). The van der Waals surface area contributed by atoms with Crippen LogP contribution in [0.15, 0.2) is 17.8 Å². The summed E-state index contributed by atoms with van der Waals surface area (Å²) in [7, 11) is 1.69. The molecular formula is C12H18N4OS. The van der Waals surface area contributed by atoms with Crippen LogP contribution in [0.25, 0.3) is 0 Å². The quantitative estimate of drug-likeness (QED) is 0.815. The van der Waals surface area contributed by atoms with Crippen LogP contribution >= 0.6 is 11.3 Å². The third-order valence-corrected chi connectivity index (χ3v) is 3.61. The minimum Gasteiger partial charge on any atom is -0.383 e. The van der Waals surface area contributed by atoms with Gasteiger partial charge in [-0.3, -0.25) is 0 Å². The summed E-state index contributed by atoms with van der Waals surface area (Å²) in [6.07, 6.45) is 3.87. The smallest absolute Gasteiger partial charge is 0.203 e. The van der Waals surface area contributed by atoms with Crippen LogP contribution in [0.3, 0.4) is 0 Å². The number of ether oxygens (including phenoxy) is 1. The van der Waals surface area contributed by atoms with Crippen molar-refractivity contribution >= 4 is 17.3 Å². The Morgan fingerprint density at radius 3 is 3.06 bits per heavy atom. The first-order valence-corrected chi connectivity index (χ1v) is 6.78. The zero-order valence-corrected chi connectivity index (χ0v) is 11.7. The molecule has 18 heavy (non-hydrogen) atoms. The summed E-state index contributed by atoms with van der Waals surface area (Å²) in [6, 6.07) is 0.191. The predicted molar refractivity (Wildman–Crippen MR) is 73.3 cm³/mol. The van der Waals surface area contributed by atoms with E-state index in [-0.39, 0.29) is 6.04 Å². The second-order valence-corrected chi connectivity index (χ2v) is 5.01. The van der Waals surface area contributed by atoms with Gasteiger partial charge in [-0.2, -0.15) is 0 Å². The van der Waals surface area contributed by atoms with Crippen molar-refractivity contribution < 1.29 is 4.74 Å². The summed E-state index contributed by atoms with van der Waals surface area (Å²) in [5.41, 5.74) is 0.998. The molecule has 0 aliphatic heterocycles. The number of nitrogens with zero attached hydrogens (tertiary/aromatic N) is 3. The summed E-state index contributed by atoms with van der Waals surface area (Å²) < 4.78 is 7.15. The molecule has 0 aliphatic rings. The number of anilines is 1. The number of hydrogen-bond donors (Lipinski definition) is 1. The molecule has 0 fully saturated rings. The molecule has 0 amide bonds. The molecule has 0 radical (unpaired) electrons. The van der Waals surface area contributed by atoms with Gasteiger partial charge in [0, 0.05) is 31.4 Å². The van der Waals surface area contributed by atoms with E-state index in [4.69, 9.17) is 4.74 Å². The molecule has 1 N–H and O–H groups in total. The van der Waals surface area contributed by atoms with Crippen molar-refractivity contribution in [2.24, 2.45) is 0 Å².